The number of rotatable bonds is 3. The highest BCUT2D eigenvalue weighted by atomic mass is 19.1. The number of hydrogen-bond acceptors (Lipinski definition) is 3. The summed E-state index contributed by atoms with van der Waals surface area (Å²) in [5, 5.41) is 13.6. The number of carboxylic acid groups (broad SMARTS) is 1. The van der Waals surface area contributed by atoms with Gasteiger partial charge < -0.3 is 10.0 Å². The molecule has 1 N–H and O–H groups in total. The van der Waals surface area contributed by atoms with Crippen molar-refractivity contribution < 1.29 is 19.1 Å². The second-order valence-corrected chi connectivity index (χ2v) is 6.79. The summed E-state index contributed by atoms with van der Waals surface area (Å²) >= 11 is 0. The van der Waals surface area contributed by atoms with E-state index in [1.807, 2.05) is 24.3 Å². The van der Waals surface area contributed by atoms with Gasteiger partial charge in [-0.05, 0) is 30.9 Å². The van der Waals surface area contributed by atoms with E-state index in [0.717, 1.165) is 16.3 Å². The molecule has 130 valence electrons. The Hall–Kier alpha value is -2.70. The summed E-state index contributed by atoms with van der Waals surface area (Å²) in [5.74, 6) is -1.82. The van der Waals surface area contributed by atoms with E-state index >= 15 is 0 Å². The maximum absolute atomic E-state index is 13.5. The van der Waals surface area contributed by atoms with Crippen LogP contribution in [0.5, 0.6) is 0 Å². The highest BCUT2D eigenvalue weighted by Gasteiger charge is 2.57. The van der Waals surface area contributed by atoms with Gasteiger partial charge in [0.05, 0.1) is 5.41 Å². The molecule has 1 fully saturated rings. The largest absolute Gasteiger partial charge is 0.481 e. The molecule has 4 rings (SSSR count). The number of fused-ring (bicyclic) bond motifs is 1. The van der Waals surface area contributed by atoms with Gasteiger partial charge in [-0.1, -0.05) is 18.2 Å². The average molecular weight is 343 g/mol. The third kappa shape index (κ3) is 2.33. The molecule has 0 bridgehead atoms. The van der Waals surface area contributed by atoms with Gasteiger partial charge in [-0.3, -0.25) is 9.59 Å². The molecule has 1 aromatic carbocycles. The van der Waals surface area contributed by atoms with Gasteiger partial charge in [0.1, 0.15) is 0 Å². The van der Waals surface area contributed by atoms with Gasteiger partial charge in [-0.25, -0.2) is 4.68 Å². The SMILES string of the molecule is Cn1nc(C(=O)N2CCC(C3(C(=O)O)CC3)c3ccccc32)cc1F. The first-order chi connectivity index (χ1) is 11.9. The van der Waals surface area contributed by atoms with Gasteiger partial charge in [0.2, 0.25) is 5.95 Å². The third-order valence-electron chi connectivity index (χ3n) is 5.41. The number of aliphatic carboxylic acids is 1. The van der Waals surface area contributed by atoms with Crippen LogP contribution in [-0.2, 0) is 11.8 Å². The predicted molar refractivity (Wildman–Crippen MR) is 87.9 cm³/mol. The predicted octanol–water partition coefficient (Wildman–Crippen LogP) is 2.56. The molecular formula is C18H18FN3O3. The normalized spacial score (nSPS) is 20.9. The number of nitrogens with zero attached hydrogens (tertiary/aromatic N) is 3. The van der Waals surface area contributed by atoms with Crippen molar-refractivity contribution in [3.63, 3.8) is 0 Å². The molecule has 25 heavy (non-hydrogen) atoms. The Bertz CT molecular complexity index is 853. The molecule has 2 aliphatic rings. The molecule has 1 atom stereocenters. The second kappa shape index (κ2) is 5.40. The fourth-order valence-corrected chi connectivity index (χ4v) is 3.88. The van der Waals surface area contributed by atoms with Crippen molar-refractivity contribution in [2.75, 3.05) is 11.4 Å². The summed E-state index contributed by atoms with van der Waals surface area (Å²) in [6.45, 7) is 0.397. The molecule has 1 saturated carbocycles. The number of amides is 1. The molecular weight excluding hydrogens is 325 g/mol. The van der Waals surface area contributed by atoms with E-state index in [4.69, 9.17) is 0 Å². The van der Waals surface area contributed by atoms with Crippen molar-refractivity contribution in [3.05, 3.63) is 47.5 Å². The minimum absolute atomic E-state index is 0.0487. The summed E-state index contributed by atoms with van der Waals surface area (Å²) in [6, 6.07) is 8.51. The number of carbonyl (C=O) groups is 2. The molecule has 1 amide bonds. The van der Waals surface area contributed by atoms with Gasteiger partial charge >= 0.3 is 5.97 Å². The van der Waals surface area contributed by atoms with Crippen molar-refractivity contribution in [2.24, 2.45) is 12.5 Å². The Labute approximate surface area is 143 Å². The Balaban J connectivity index is 1.72. The van der Waals surface area contributed by atoms with Crippen LogP contribution >= 0.6 is 0 Å². The summed E-state index contributed by atoms with van der Waals surface area (Å²) in [5.41, 5.74) is 0.913. The average Bonchev–Trinajstić information content (AvgIpc) is 3.35. The first-order valence-corrected chi connectivity index (χ1v) is 8.28. The van der Waals surface area contributed by atoms with E-state index in [9.17, 15) is 19.1 Å². The minimum atomic E-state index is -0.765. The fraction of sp³-hybridized carbons (Fsp3) is 0.389. The van der Waals surface area contributed by atoms with Crippen molar-refractivity contribution >= 4 is 17.6 Å². The Morgan fingerprint density at radius 3 is 2.64 bits per heavy atom. The molecule has 1 aliphatic heterocycles. The lowest BCUT2D eigenvalue weighted by atomic mass is 9.77. The van der Waals surface area contributed by atoms with Crippen molar-refractivity contribution in [1.82, 2.24) is 9.78 Å². The van der Waals surface area contributed by atoms with E-state index < -0.39 is 17.3 Å². The molecule has 1 aromatic heterocycles. The van der Waals surface area contributed by atoms with Crippen LogP contribution in [0.25, 0.3) is 0 Å². The number of aryl methyl sites for hydroxylation is 1. The number of carboxylic acids is 1. The lowest BCUT2D eigenvalue weighted by Gasteiger charge is -2.36. The zero-order chi connectivity index (χ0) is 17.8. The summed E-state index contributed by atoms with van der Waals surface area (Å²) in [6.07, 6.45) is 1.91. The van der Waals surface area contributed by atoms with Crippen LogP contribution in [-0.4, -0.2) is 33.3 Å². The van der Waals surface area contributed by atoms with Crippen LogP contribution in [0.15, 0.2) is 30.3 Å². The Kier molecular flexibility index (Phi) is 3.42. The van der Waals surface area contributed by atoms with E-state index in [2.05, 4.69) is 5.10 Å². The zero-order valence-corrected chi connectivity index (χ0v) is 13.8. The molecule has 0 spiro atoms. The number of anilines is 1. The van der Waals surface area contributed by atoms with Crippen molar-refractivity contribution in [3.8, 4) is 0 Å². The minimum Gasteiger partial charge on any atom is -0.481 e. The molecule has 0 saturated heterocycles. The smallest absolute Gasteiger partial charge is 0.310 e. The van der Waals surface area contributed by atoms with Gasteiger partial charge in [0, 0.05) is 31.3 Å². The fourth-order valence-electron chi connectivity index (χ4n) is 3.88. The number of halogens is 1. The summed E-state index contributed by atoms with van der Waals surface area (Å²) in [4.78, 5) is 26.1. The van der Waals surface area contributed by atoms with Gasteiger partial charge in [-0.15, -0.1) is 0 Å². The topological polar surface area (TPSA) is 75.4 Å². The number of benzene rings is 1. The van der Waals surface area contributed by atoms with Crippen LogP contribution < -0.4 is 4.90 Å². The first kappa shape index (κ1) is 15.8. The third-order valence-corrected chi connectivity index (χ3v) is 5.41. The first-order valence-electron chi connectivity index (χ1n) is 8.28. The molecule has 1 unspecified atom stereocenters. The van der Waals surface area contributed by atoms with Crippen LogP contribution in [0.1, 0.15) is 41.2 Å². The molecule has 1 aliphatic carbocycles. The Morgan fingerprint density at radius 2 is 2.04 bits per heavy atom. The second-order valence-electron chi connectivity index (χ2n) is 6.79. The number of para-hydroxylation sites is 1. The quantitative estimate of drug-likeness (QED) is 0.929. The Morgan fingerprint density at radius 1 is 1.32 bits per heavy atom. The van der Waals surface area contributed by atoms with Crippen LogP contribution in [0.3, 0.4) is 0 Å². The maximum Gasteiger partial charge on any atom is 0.310 e. The van der Waals surface area contributed by atoms with Gasteiger partial charge in [0.15, 0.2) is 5.69 Å². The van der Waals surface area contributed by atoms with Crippen molar-refractivity contribution in [1.29, 1.82) is 0 Å². The maximum atomic E-state index is 13.5. The molecule has 0 radical (unpaired) electrons. The number of aromatic nitrogens is 2. The highest BCUT2D eigenvalue weighted by Crippen LogP contribution is 2.60. The van der Waals surface area contributed by atoms with E-state index in [0.29, 0.717) is 31.5 Å². The number of carbonyl (C=O) groups excluding carboxylic acids is 1. The zero-order valence-electron chi connectivity index (χ0n) is 13.8. The van der Waals surface area contributed by atoms with Crippen LogP contribution in [0.4, 0.5) is 10.1 Å². The summed E-state index contributed by atoms with van der Waals surface area (Å²) in [7, 11) is 1.44. The summed E-state index contributed by atoms with van der Waals surface area (Å²) < 4.78 is 14.6. The standard InChI is InChI=1S/C18H18FN3O3/c1-21-15(19)10-13(20-21)16(23)22-9-6-12(18(7-8-18)17(24)25)11-4-2-3-5-14(11)22/h2-5,10,12H,6-9H2,1H3,(H,24,25). The van der Waals surface area contributed by atoms with E-state index in [1.54, 1.807) is 4.90 Å². The van der Waals surface area contributed by atoms with E-state index in [-0.39, 0.29) is 17.5 Å². The lowest BCUT2D eigenvalue weighted by molar-refractivity contribution is -0.144. The highest BCUT2D eigenvalue weighted by molar-refractivity contribution is 6.05. The van der Waals surface area contributed by atoms with Crippen LogP contribution in [0.2, 0.25) is 0 Å². The number of hydrogen-bond donors (Lipinski definition) is 1. The van der Waals surface area contributed by atoms with E-state index in [1.165, 1.54) is 7.05 Å². The molecule has 2 heterocycles. The van der Waals surface area contributed by atoms with Crippen molar-refractivity contribution in [2.45, 2.75) is 25.2 Å². The molecule has 7 heteroatoms. The monoisotopic (exact) mass is 343 g/mol. The van der Waals surface area contributed by atoms with Gasteiger partial charge in [-0.2, -0.15) is 9.49 Å². The molecule has 2 aromatic rings. The lowest BCUT2D eigenvalue weighted by Crippen LogP contribution is -2.39. The molecule has 6 nitrogen and oxygen atoms in total. The van der Waals surface area contributed by atoms with Crippen LogP contribution in [0, 0.1) is 11.4 Å². The van der Waals surface area contributed by atoms with Gasteiger partial charge in [0.25, 0.3) is 5.91 Å².